The fourth-order valence-electron chi connectivity index (χ4n) is 8.63. The standard InChI is InChI=1S/C58H38N2O/c1-4-16-39(17-5-1)51-26-14-28-53-54-29-15-27-52(58(54)61-57(51)53)46-35-44(49-24-12-10-22-47(49)42-30-32-55(59-37-42)40-18-6-2-7-19-40)34-45(36-46)50-25-13-11-23-48(50)43-31-33-56(60-38-43)41-20-8-3-9-21-41/h1-38H. The predicted molar refractivity (Wildman–Crippen MR) is 253 cm³/mol. The van der Waals surface area contributed by atoms with Crippen molar-refractivity contribution in [2.45, 2.75) is 0 Å². The van der Waals surface area contributed by atoms with Gasteiger partial charge in [-0.3, -0.25) is 9.97 Å². The zero-order chi connectivity index (χ0) is 40.5. The van der Waals surface area contributed by atoms with Gasteiger partial charge in [-0.25, -0.2) is 0 Å². The lowest BCUT2D eigenvalue weighted by atomic mass is 9.87. The van der Waals surface area contributed by atoms with Crippen LogP contribution < -0.4 is 0 Å². The minimum Gasteiger partial charge on any atom is -0.455 e. The molecule has 0 aliphatic carbocycles. The molecule has 0 fully saturated rings. The van der Waals surface area contributed by atoms with E-state index in [2.05, 4.69) is 176 Å². The van der Waals surface area contributed by atoms with Crippen LogP contribution in [0.25, 0.3) is 111 Å². The predicted octanol–water partition coefficient (Wildman–Crippen LogP) is 15.7. The molecule has 286 valence electrons. The molecule has 0 saturated carbocycles. The molecule has 3 heteroatoms. The van der Waals surface area contributed by atoms with E-state index < -0.39 is 0 Å². The van der Waals surface area contributed by atoms with Gasteiger partial charge in [-0.2, -0.15) is 0 Å². The van der Waals surface area contributed by atoms with Crippen LogP contribution in [0, 0.1) is 0 Å². The minimum absolute atomic E-state index is 0.868. The van der Waals surface area contributed by atoms with Gasteiger partial charge in [-0.05, 0) is 74.8 Å². The molecule has 3 aromatic heterocycles. The number of hydrogen-bond acceptors (Lipinski definition) is 3. The summed E-state index contributed by atoms with van der Waals surface area (Å²) in [7, 11) is 0. The molecule has 0 bridgehead atoms. The van der Waals surface area contributed by atoms with Gasteiger partial charge >= 0.3 is 0 Å². The lowest BCUT2D eigenvalue weighted by molar-refractivity contribution is 0.671. The van der Waals surface area contributed by atoms with Gasteiger partial charge in [0.15, 0.2) is 0 Å². The average molecular weight is 779 g/mol. The lowest BCUT2D eigenvalue weighted by Gasteiger charge is -2.17. The van der Waals surface area contributed by atoms with Crippen LogP contribution >= 0.6 is 0 Å². The molecule has 11 rings (SSSR count). The molecular formula is C58H38N2O. The maximum absolute atomic E-state index is 6.98. The van der Waals surface area contributed by atoms with Crippen LogP contribution in [0.2, 0.25) is 0 Å². The Hall–Kier alpha value is -8.14. The van der Waals surface area contributed by atoms with E-state index in [1.165, 1.54) is 0 Å². The van der Waals surface area contributed by atoms with Gasteiger partial charge in [0.25, 0.3) is 0 Å². The molecule has 3 heterocycles. The third-order valence-corrected chi connectivity index (χ3v) is 11.6. The summed E-state index contributed by atoms with van der Waals surface area (Å²) in [6.45, 7) is 0. The molecular weight excluding hydrogens is 741 g/mol. The Morgan fingerprint density at radius 2 is 0.590 bits per heavy atom. The Morgan fingerprint density at radius 3 is 1.00 bits per heavy atom. The van der Waals surface area contributed by atoms with Crippen molar-refractivity contribution < 1.29 is 4.42 Å². The van der Waals surface area contributed by atoms with E-state index >= 15 is 0 Å². The van der Waals surface area contributed by atoms with Crippen LogP contribution in [0.15, 0.2) is 235 Å². The van der Waals surface area contributed by atoms with E-state index in [1.54, 1.807) is 0 Å². The first-order chi connectivity index (χ1) is 30.2. The summed E-state index contributed by atoms with van der Waals surface area (Å²) < 4.78 is 6.98. The number of benzene rings is 8. The highest BCUT2D eigenvalue weighted by atomic mass is 16.3. The second-order valence-corrected chi connectivity index (χ2v) is 15.3. The highest BCUT2D eigenvalue weighted by Crippen LogP contribution is 2.44. The SMILES string of the molecule is c1ccc(-c2ccc(-c3ccccc3-c3cc(-c4ccccc4-c4ccc(-c5ccccc5)nc4)cc(-c4cccc5c4oc4c(-c6ccccc6)cccc45)c3)cn2)cc1. The van der Waals surface area contributed by atoms with Gasteiger partial charge in [0.05, 0.1) is 11.4 Å². The van der Waals surface area contributed by atoms with Gasteiger partial charge < -0.3 is 4.42 Å². The summed E-state index contributed by atoms with van der Waals surface area (Å²) in [5, 5.41) is 2.19. The Bertz CT molecular complexity index is 3170. The summed E-state index contributed by atoms with van der Waals surface area (Å²) in [6, 6.07) is 76.9. The first-order valence-corrected chi connectivity index (χ1v) is 20.6. The summed E-state index contributed by atoms with van der Waals surface area (Å²) in [6.07, 6.45) is 3.99. The van der Waals surface area contributed by atoms with Gasteiger partial charge in [-0.15, -0.1) is 0 Å². The van der Waals surface area contributed by atoms with Gasteiger partial charge in [0.2, 0.25) is 0 Å². The van der Waals surface area contributed by atoms with Crippen molar-refractivity contribution in [3.8, 4) is 89.3 Å². The summed E-state index contributed by atoms with van der Waals surface area (Å²) >= 11 is 0. The first-order valence-electron chi connectivity index (χ1n) is 20.6. The maximum atomic E-state index is 6.98. The van der Waals surface area contributed by atoms with Crippen LogP contribution in [0.3, 0.4) is 0 Å². The summed E-state index contributed by atoms with van der Waals surface area (Å²) in [4.78, 5) is 9.85. The minimum atomic E-state index is 0.868. The van der Waals surface area contributed by atoms with E-state index in [0.29, 0.717) is 0 Å². The van der Waals surface area contributed by atoms with Gasteiger partial charge in [-0.1, -0.05) is 188 Å². The number of nitrogens with zero attached hydrogens (tertiary/aromatic N) is 2. The molecule has 0 saturated heterocycles. The van der Waals surface area contributed by atoms with Gasteiger partial charge in [0, 0.05) is 56.5 Å². The van der Waals surface area contributed by atoms with E-state index in [1.807, 2.05) is 54.9 Å². The molecule has 11 aromatic rings. The van der Waals surface area contributed by atoms with Crippen molar-refractivity contribution in [1.82, 2.24) is 9.97 Å². The van der Waals surface area contributed by atoms with E-state index in [0.717, 1.165) is 111 Å². The Balaban J connectivity index is 1.10. The van der Waals surface area contributed by atoms with Crippen LogP contribution in [-0.4, -0.2) is 9.97 Å². The normalized spacial score (nSPS) is 11.3. The lowest BCUT2D eigenvalue weighted by Crippen LogP contribution is -1.92. The molecule has 8 aromatic carbocycles. The molecule has 0 aliphatic rings. The van der Waals surface area contributed by atoms with Crippen LogP contribution in [-0.2, 0) is 0 Å². The third-order valence-electron chi connectivity index (χ3n) is 11.6. The molecule has 3 nitrogen and oxygen atoms in total. The van der Waals surface area contributed by atoms with Crippen LogP contribution in [0.1, 0.15) is 0 Å². The summed E-state index contributed by atoms with van der Waals surface area (Å²) in [5.74, 6) is 0. The number of fused-ring (bicyclic) bond motifs is 3. The highest BCUT2D eigenvalue weighted by molar-refractivity contribution is 6.13. The fourth-order valence-corrected chi connectivity index (χ4v) is 8.63. The fraction of sp³-hybridized carbons (Fsp3) is 0. The largest absolute Gasteiger partial charge is 0.455 e. The van der Waals surface area contributed by atoms with E-state index in [9.17, 15) is 0 Å². The molecule has 0 spiro atoms. The van der Waals surface area contributed by atoms with Crippen LogP contribution in [0.5, 0.6) is 0 Å². The highest BCUT2D eigenvalue weighted by Gasteiger charge is 2.19. The van der Waals surface area contributed by atoms with Gasteiger partial charge in [0.1, 0.15) is 11.2 Å². The smallest absolute Gasteiger partial charge is 0.143 e. The number of furan rings is 1. The van der Waals surface area contributed by atoms with Crippen molar-refractivity contribution in [2.75, 3.05) is 0 Å². The Kier molecular flexibility index (Phi) is 9.18. The molecule has 0 atom stereocenters. The zero-order valence-electron chi connectivity index (χ0n) is 33.2. The zero-order valence-corrected chi connectivity index (χ0v) is 33.2. The number of rotatable bonds is 8. The second kappa shape index (κ2) is 15.6. The second-order valence-electron chi connectivity index (χ2n) is 15.3. The summed E-state index contributed by atoms with van der Waals surface area (Å²) in [5.41, 5.74) is 18.9. The third kappa shape index (κ3) is 6.78. The van der Waals surface area contributed by atoms with Crippen LogP contribution in [0.4, 0.5) is 0 Å². The van der Waals surface area contributed by atoms with Crippen molar-refractivity contribution >= 4 is 21.9 Å². The monoisotopic (exact) mass is 778 g/mol. The Labute approximate surface area is 354 Å². The topological polar surface area (TPSA) is 38.9 Å². The Morgan fingerprint density at radius 1 is 0.246 bits per heavy atom. The number of hydrogen-bond donors (Lipinski definition) is 0. The number of para-hydroxylation sites is 2. The van der Waals surface area contributed by atoms with Crippen molar-refractivity contribution in [2.24, 2.45) is 0 Å². The maximum Gasteiger partial charge on any atom is 0.143 e. The molecule has 61 heavy (non-hydrogen) atoms. The van der Waals surface area contributed by atoms with Crippen molar-refractivity contribution in [3.63, 3.8) is 0 Å². The van der Waals surface area contributed by atoms with Crippen molar-refractivity contribution in [1.29, 1.82) is 0 Å². The molecule has 0 amide bonds. The quantitative estimate of drug-likeness (QED) is 0.154. The number of aromatic nitrogens is 2. The molecule has 0 aliphatic heterocycles. The first kappa shape index (κ1) is 36.0. The molecule has 0 N–H and O–H groups in total. The van der Waals surface area contributed by atoms with E-state index in [4.69, 9.17) is 14.4 Å². The molecule has 0 unspecified atom stereocenters. The molecule has 0 radical (unpaired) electrons. The number of pyridine rings is 2. The average Bonchev–Trinajstić information content (AvgIpc) is 3.74. The van der Waals surface area contributed by atoms with E-state index in [-0.39, 0.29) is 0 Å². The van der Waals surface area contributed by atoms with Crippen molar-refractivity contribution in [3.05, 3.63) is 231 Å².